The number of thiol groups is 1. The summed E-state index contributed by atoms with van der Waals surface area (Å²) in [5.41, 5.74) is 2.00. The Hall–Kier alpha value is -0.500. The van der Waals surface area contributed by atoms with Gasteiger partial charge in [0.1, 0.15) is 5.82 Å². The van der Waals surface area contributed by atoms with Crippen molar-refractivity contribution in [2.75, 3.05) is 0 Å². The maximum absolute atomic E-state index is 12.6. The molecular weight excluding hydrogens is 147 g/mol. The highest BCUT2D eigenvalue weighted by Crippen LogP contribution is 2.17. The summed E-state index contributed by atoms with van der Waals surface area (Å²) >= 11 is 4.10. The third-order valence-electron chi connectivity index (χ3n) is 1.60. The van der Waals surface area contributed by atoms with Crippen LogP contribution in [0.1, 0.15) is 11.1 Å². The summed E-state index contributed by atoms with van der Waals surface area (Å²) in [4.78, 5) is 0.720. The van der Waals surface area contributed by atoms with E-state index >= 15 is 0 Å². The molecule has 0 radical (unpaired) electrons. The molecule has 0 aromatic heterocycles. The van der Waals surface area contributed by atoms with Crippen LogP contribution in [-0.2, 0) is 0 Å². The lowest BCUT2D eigenvalue weighted by molar-refractivity contribution is 0.622. The maximum atomic E-state index is 12.6. The molecule has 1 aromatic rings. The second-order valence-electron chi connectivity index (χ2n) is 2.37. The molecule has 0 aliphatic heterocycles. The molecule has 0 saturated carbocycles. The number of rotatable bonds is 0. The van der Waals surface area contributed by atoms with E-state index in [1.54, 1.807) is 0 Å². The van der Waals surface area contributed by atoms with Gasteiger partial charge in [-0.1, -0.05) is 0 Å². The summed E-state index contributed by atoms with van der Waals surface area (Å²) in [6, 6.07) is 2.93. The zero-order chi connectivity index (χ0) is 7.72. The number of aryl methyl sites for hydroxylation is 1. The Morgan fingerprint density at radius 2 is 1.90 bits per heavy atom. The van der Waals surface area contributed by atoms with Crippen LogP contribution in [0.25, 0.3) is 0 Å². The van der Waals surface area contributed by atoms with Gasteiger partial charge in [0.15, 0.2) is 0 Å². The normalized spacial score (nSPS) is 10.0. The van der Waals surface area contributed by atoms with E-state index in [2.05, 4.69) is 12.6 Å². The molecule has 1 aromatic carbocycles. The average Bonchev–Trinajstić information content (AvgIpc) is 1.82. The average molecular weight is 156 g/mol. The Bertz CT molecular complexity index is 232. The first-order chi connectivity index (χ1) is 4.61. The number of hydrogen-bond donors (Lipinski definition) is 1. The highest BCUT2D eigenvalue weighted by atomic mass is 32.1. The van der Waals surface area contributed by atoms with Gasteiger partial charge in [-0.15, -0.1) is 12.6 Å². The highest BCUT2D eigenvalue weighted by molar-refractivity contribution is 7.80. The van der Waals surface area contributed by atoms with Gasteiger partial charge < -0.3 is 0 Å². The molecule has 0 fully saturated rings. The lowest BCUT2D eigenvalue weighted by Crippen LogP contribution is -1.84. The molecule has 0 saturated heterocycles. The zero-order valence-corrected chi connectivity index (χ0v) is 6.87. The van der Waals surface area contributed by atoms with Gasteiger partial charge in [-0.3, -0.25) is 0 Å². The van der Waals surface area contributed by atoms with Crippen molar-refractivity contribution >= 4 is 12.6 Å². The van der Waals surface area contributed by atoms with Crippen molar-refractivity contribution in [1.82, 2.24) is 0 Å². The lowest BCUT2D eigenvalue weighted by atomic mass is 10.1. The number of halogens is 1. The van der Waals surface area contributed by atoms with E-state index in [9.17, 15) is 4.39 Å². The monoisotopic (exact) mass is 156 g/mol. The fourth-order valence-electron chi connectivity index (χ4n) is 0.798. The van der Waals surface area contributed by atoms with Gasteiger partial charge in [0.2, 0.25) is 0 Å². The van der Waals surface area contributed by atoms with Crippen LogP contribution in [0, 0.1) is 19.7 Å². The van der Waals surface area contributed by atoms with Gasteiger partial charge >= 0.3 is 0 Å². The smallest absolute Gasteiger partial charge is 0.124 e. The minimum absolute atomic E-state index is 0.215. The molecule has 2 heteroatoms. The minimum Gasteiger partial charge on any atom is -0.207 e. The molecule has 0 aliphatic carbocycles. The van der Waals surface area contributed by atoms with Gasteiger partial charge in [-0.05, 0) is 37.1 Å². The summed E-state index contributed by atoms with van der Waals surface area (Å²) in [6.07, 6.45) is 0. The van der Waals surface area contributed by atoms with Crippen molar-refractivity contribution < 1.29 is 4.39 Å². The molecule has 0 unspecified atom stereocenters. The van der Waals surface area contributed by atoms with Crippen LogP contribution in [0.4, 0.5) is 4.39 Å². The minimum atomic E-state index is -0.215. The molecule has 0 N–H and O–H groups in total. The molecular formula is C8H9FS. The third kappa shape index (κ3) is 1.32. The summed E-state index contributed by atoms with van der Waals surface area (Å²) < 4.78 is 12.6. The van der Waals surface area contributed by atoms with Gasteiger partial charge in [0.25, 0.3) is 0 Å². The molecule has 10 heavy (non-hydrogen) atoms. The summed E-state index contributed by atoms with van der Waals surface area (Å²) in [5, 5.41) is 0. The Kier molecular flexibility index (Phi) is 2.00. The van der Waals surface area contributed by atoms with Crippen LogP contribution in [0.2, 0.25) is 0 Å². The summed E-state index contributed by atoms with van der Waals surface area (Å²) in [5.74, 6) is -0.215. The lowest BCUT2D eigenvalue weighted by Gasteiger charge is -2.01. The van der Waals surface area contributed by atoms with Gasteiger partial charge in [0.05, 0.1) is 0 Å². The SMILES string of the molecule is Cc1cc(F)cc(S)c1C. The predicted octanol–water partition coefficient (Wildman–Crippen LogP) is 2.73. The largest absolute Gasteiger partial charge is 0.207 e. The van der Waals surface area contributed by atoms with E-state index < -0.39 is 0 Å². The van der Waals surface area contributed by atoms with Gasteiger partial charge in [0, 0.05) is 4.90 Å². The number of hydrogen-bond acceptors (Lipinski definition) is 1. The number of benzene rings is 1. The second-order valence-corrected chi connectivity index (χ2v) is 2.85. The van der Waals surface area contributed by atoms with Crippen molar-refractivity contribution in [3.8, 4) is 0 Å². The fourth-order valence-corrected chi connectivity index (χ4v) is 1.10. The quantitative estimate of drug-likeness (QED) is 0.548. The highest BCUT2D eigenvalue weighted by Gasteiger charge is 1.99. The van der Waals surface area contributed by atoms with E-state index in [1.807, 2.05) is 13.8 Å². The maximum Gasteiger partial charge on any atom is 0.124 e. The molecule has 0 amide bonds. The Morgan fingerprint density at radius 1 is 1.30 bits per heavy atom. The Balaban J connectivity index is 3.31. The fraction of sp³-hybridized carbons (Fsp3) is 0.250. The molecule has 54 valence electrons. The van der Waals surface area contributed by atoms with Gasteiger partial charge in [-0.25, -0.2) is 4.39 Å². The zero-order valence-electron chi connectivity index (χ0n) is 5.98. The third-order valence-corrected chi connectivity index (χ3v) is 2.07. The van der Waals surface area contributed by atoms with E-state index in [0.29, 0.717) is 0 Å². The second kappa shape index (κ2) is 2.62. The molecule has 0 aliphatic rings. The van der Waals surface area contributed by atoms with Crippen molar-refractivity contribution in [2.45, 2.75) is 18.7 Å². The molecule has 0 nitrogen and oxygen atoms in total. The van der Waals surface area contributed by atoms with Crippen LogP contribution in [0.5, 0.6) is 0 Å². The first-order valence-electron chi connectivity index (χ1n) is 3.07. The summed E-state index contributed by atoms with van der Waals surface area (Å²) in [7, 11) is 0. The van der Waals surface area contributed by atoms with Crippen molar-refractivity contribution in [3.05, 3.63) is 29.1 Å². The van der Waals surface area contributed by atoms with Crippen LogP contribution in [0.15, 0.2) is 17.0 Å². The first kappa shape index (κ1) is 7.61. The summed E-state index contributed by atoms with van der Waals surface area (Å²) in [6.45, 7) is 3.80. The molecule has 0 heterocycles. The molecule has 1 rings (SSSR count). The molecule has 0 atom stereocenters. The first-order valence-corrected chi connectivity index (χ1v) is 3.51. The van der Waals surface area contributed by atoms with Crippen LogP contribution < -0.4 is 0 Å². The van der Waals surface area contributed by atoms with Crippen LogP contribution in [0.3, 0.4) is 0 Å². The van der Waals surface area contributed by atoms with E-state index in [0.717, 1.165) is 16.0 Å². The van der Waals surface area contributed by atoms with Crippen molar-refractivity contribution in [1.29, 1.82) is 0 Å². The van der Waals surface area contributed by atoms with E-state index in [4.69, 9.17) is 0 Å². The predicted molar refractivity (Wildman–Crippen MR) is 43.1 cm³/mol. The van der Waals surface area contributed by atoms with Crippen molar-refractivity contribution in [3.63, 3.8) is 0 Å². The van der Waals surface area contributed by atoms with Gasteiger partial charge in [-0.2, -0.15) is 0 Å². The van der Waals surface area contributed by atoms with E-state index in [1.165, 1.54) is 12.1 Å². The van der Waals surface area contributed by atoms with E-state index in [-0.39, 0.29) is 5.82 Å². The standard InChI is InChI=1S/C8H9FS/c1-5-3-7(9)4-8(10)6(5)2/h3-4,10H,1-2H3. The van der Waals surface area contributed by atoms with Crippen LogP contribution >= 0.6 is 12.6 Å². The molecule has 0 spiro atoms. The van der Waals surface area contributed by atoms with Crippen molar-refractivity contribution in [2.24, 2.45) is 0 Å². The Morgan fingerprint density at radius 3 is 2.40 bits per heavy atom. The van der Waals surface area contributed by atoms with Crippen LogP contribution in [-0.4, -0.2) is 0 Å². The Labute approximate surface area is 65.5 Å². The topological polar surface area (TPSA) is 0 Å². The molecule has 0 bridgehead atoms.